The standard InChI is InChI=1S/2C17H14N4O2S/c2*1-9-3-5-11-14(7-9)24-17(19-11)20-16-18-12-8-10(15(22)23)4-6-13(12)21(16)2/h2*3-8H,1-2H3,(H,22,23)(H,18,19,20). The van der Waals surface area contributed by atoms with Gasteiger partial charge in [-0.05, 0) is 85.6 Å². The number of carboxylic acids is 2. The molecule has 0 aliphatic heterocycles. The number of imidazole rings is 2. The molecule has 14 heteroatoms. The third-order valence-electron chi connectivity index (χ3n) is 7.78. The average molecular weight is 677 g/mol. The lowest BCUT2D eigenvalue weighted by Gasteiger charge is -2.02. The molecular formula is C34H28N8O4S2. The number of anilines is 4. The minimum atomic E-state index is -0.960. The van der Waals surface area contributed by atoms with Crippen LogP contribution in [0.25, 0.3) is 42.5 Å². The van der Waals surface area contributed by atoms with Gasteiger partial charge in [-0.3, -0.25) is 0 Å². The highest BCUT2D eigenvalue weighted by atomic mass is 32.1. The molecule has 12 nitrogen and oxygen atoms in total. The first-order valence-corrected chi connectivity index (χ1v) is 16.3. The highest BCUT2D eigenvalue weighted by molar-refractivity contribution is 7.22. The van der Waals surface area contributed by atoms with Crippen molar-refractivity contribution in [3.63, 3.8) is 0 Å². The maximum absolute atomic E-state index is 11.1. The molecule has 0 spiro atoms. The van der Waals surface area contributed by atoms with E-state index in [1.807, 2.05) is 47.5 Å². The maximum atomic E-state index is 11.1. The van der Waals surface area contributed by atoms with Crippen molar-refractivity contribution in [1.82, 2.24) is 29.1 Å². The molecule has 0 atom stereocenters. The third kappa shape index (κ3) is 5.89. The van der Waals surface area contributed by atoms with Crippen molar-refractivity contribution in [1.29, 1.82) is 0 Å². The molecule has 0 saturated heterocycles. The van der Waals surface area contributed by atoms with Crippen LogP contribution in [0.5, 0.6) is 0 Å². The van der Waals surface area contributed by atoms with Crippen LogP contribution < -0.4 is 10.6 Å². The SMILES string of the molecule is Cc1ccc2nc(Nc3nc4cc(C(=O)O)ccc4n3C)sc2c1.Cc1ccc2nc(Nc3nc4cc(C(=O)O)ccc4n3C)sc2c1. The van der Waals surface area contributed by atoms with Gasteiger partial charge in [0.15, 0.2) is 10.3 Å². The Morgan fingerprint density at radius 2 is 1.00 bits per heavy atom. The Morgan fingerprint density at radius 1 is 0.583 bits per heavy atom. The summed E-state index contributed by atoms with van der Waals surface area (Å²) in [5, 5.41) is 26.2. The van der Waals surface area contributed by atoms with E-state index in [1.54, 1.807) is 59.1 Å². The fourth-order valence-corrected chi connectivity index (χ4v) is 7.17. The summed E-state index contributed by atoms with van der Waals surface area (Å²) in [6.45, 7) is 4.11. The molecular weight excluding hydrogens is 649 g/mol. The van der Waals surface area contributed by atoms with Crippen molar-refractivity contribution in [2.45, 2.75) is 13.8 Å². The van der Waals surface area contributed by atoms with Crippen LogP contribution >= 0.6 is 22.7 Å². The summed E-state index contributed by atoms with van der Waals surface area (Å²) in [4.78, 5) is 40.3. The van der Waals surface area contributed by atoms with Crippen LogP contribution in [0.1, 0.15) is 31.8 Å². The Labute approximate surface area is 281 Å². The quantitative estimate of drug-likeness (QED) is 0.136. The van der Waals surface area contributed by atoms with Gasteiger partial charge in [-0.1, -0.05) is 34.8 Å². The zero-order valence-electron chi connectivity index (χ0n) is 26.1. The van der Waals surface area contributed by atoms with Gasteiger partial charge < -0.3 is 30.0 Å². The number of hydrogen-bond acceptors (Lipinski definition) is 10. The van der Waals surface area contributed by atoms with E-state index in [1.165, 1.54) is 11.1 Å². The van der Waals surface area contributed by atoms with E-state index in [-0.39, 0.29) is 11.1 Å². The number of nitrogens with zero attached hydrogens (tertiary/aromatic N) is 6. The Morgan fingerprint density at radius 3 is 1.40 bits per heavy atom. The molecule has 0 fully saturated rings. The number of nitrogens with one attached hydrogen (secondary N) is 2. The third-order valence-corrected chi connectivity index (χ3v) is 9.65. The van der Waals surface area contributed by atoms with Gasteiger partial charge in [0.1, 0.15) is 0 Å². The molecule has 4 heterocycles. The van der Waals surface area contributed by atoms with Gasteiger partial charge in [0, 0.05) is 14.1 Å². The summed E-state index contributed by atoms with van der Waals surface area (Å²) in [5.41, 5.74) is 7.72. The van der Waals surface area contributed by atoms with E-state index in [9.17, 15) is 9.59 Å². The second-order valence-corrected chi connectivity index (χ2v) is 13.3. The summed E-state index contributed by atoms with van der Waals surface area (Å²) >= 11 is 3.13. The van der Waals surface area contributed by atoms with Gasteiger partial charge in [0.25, 0.3) is 0 Å². The molecule has 240 valence electrons. The molecule has 0 unspecified atom stereocenters. The van der Waals surface area contributed by atoms with Crippen molar-refractivity contribution in [3.05, 3.63) is 95.1 Å². The Balaban J connectivity index is 0.000000152. The largest absolute Gasteiger partial charge is 0.478 e. The van der Waals surface area contributed by atoms with Crippen molar-refractivity contribution in [3.8, 4) is 0 Å². The molecule has 48 heavy (non-hydrogen) atoms. The van der Waals surface area contributed by atoms with Gasteiger partial charge >= 0.3 is 11.9 Å². The molecule has 0 aliphatic rings. The van der Waals surface area contributed by atoms with Gasteiger partial charge in [-0.15, -0.1) is 0 Å². The summed E-state index contributed by atoms with van der Waals surface area (Å²) in [6, 6.07) is 22.1. The second-order valence-electron chi connectivity index (χ2n) is 11.2. The number of benzene rings is 4. The summed E-state index contributed by atoms with van der Waals surface area (Å²) in [6.07, 6.45) is 0. The van der Waals surface area contributed by atoms with Crippen molar-refractivity contribution < 1.29 is 19.8 Å². The van der Waals surface area contributed by atoms with Crippen LogP contribution in [0.2, 0.25) is 0 Å². The molecule has 0 saturated carbocycles. The van der Waals surface area contributed by atoms with E-state index in [4.69, 9.17) is 10.2 Å². The number of aryl methyl sites for hydroxylation is 4. The minimum absolute atomic E-state index is 0.225. The summed E-state index contributed by atoms with van der Waals surface area (Å²) < 4.78 is 6.00. The number of carbonyl (C=O) groups is 2. The lowest BCUT2D eigenvalue weighted by molar-refractivity contribution is 0.0686. The molecule has 0 amide bonds. The van der Waals surface area contributed by atoms with E-state index >= 15 is 0 Å². The first-order chi connectivity index (χ1) is 23.0. The Hall–Kier alpha value is -5.86. The monoisotopic (exact) mass is 676 g/mol. The van der Waals surface area contributed by atoms with E-state index in [0.29, 0.717) is 22.9 Å². The molecule has 4 aromatic carbocycles. The number of hydrogen-bond donors (Lipinski definition) is 4. The average Bonchev–Trinajstić information content (AvgIpc) is 3.80. The number of rotatable bonds is 6. The predicted molar refractivity (Wildman–Crippen MR) is 191 cm³/mol. The van der Waals surface area contributed by atoms with Crippen LogP contribution in [-0.4, -0.2) is 51.2 Å². The highest BCUT2D eigenvalue weighted by Crippen LogP contribution is 2.31. The molecule has 4 aromatic heterocycles. The minimum Gasteiger partial charge on any atom is -0.478 e. The lowest BCUT2D eigenvalue weighted by atomic mass is 10.2. The van der Waals surface area contributed by atoms with Gasteiger partial charge in [-0.2, -0.15) is 0 Å². The first-order valence-electron chi connectivity index (χ1n) is 14.7. The van der Waals surface area contributed by atoms with E-state index in [2.05, 4.69) is 56.5 Å². The molecule has 8 aromatic rings. The molecule has 8 rings (SSSR count). The number of fused-ring (bicyclic) bond motifs is 4. The van der Waals surface area contributed by atoms with Crippen LogP contribution in [-0.2, 0) is 14.1 Å². The fraction of sp³-hybridized carbons (Fsp3) is 0.118. The van der Waals surface area contributed by atoms with Crippen LogP contribution in [0.3, 0.4) is 0 Å². The molecule has 0 radical (unpaired) electrons. The fourth-order valence-electron chi connectivity index (χ4n) is 5.25. The number of thiazole rings is 2. The van der Waals surface area contributed by atoms with E-state index < -0.39 is 11.9 Å². The maximum Gasteiger partial charge on any atom is 0.335 e. The normalized spacial score (nSPS) is 11.2. The zero-order chi connectivity index (χ0) is 33.7. The molecule has 4 N–H and O–H groups in total. The zero-order valence-corrected chi connectivity index (χ0v) is 27.8. The molecule has 0 aliphatic carbocycles. The van der Waals surface area contributed by atoms with Crippen molar-refractivity contribution in [2.24, 2.45) is 14.1 Å². The first kappa shape index (κ1) is 30.8. The van der Waals surface area contributed by atoms with Gasteiger partial charge in [0.2, 0.25) is 11.9 Å². The van der Waals surface area contributed by atoms with E-state index in [0.717, 1.165) is 41.7 Å². The van der Waals surface area contributed by atoms with Crippen molar-refractivity contribution >= 4 is 99.3 Å². The number of carboxylic acid groups (broad SMARTS) is 2. The Bertz CT molecular complexity index is 2370. The Kier molecular flexibility index (Phi) is 7.73. The lowest BCUT2D eigenvalue weighted by Crippen LogP contribution is -1.98. The topological polar surface area (TPSA) is 160 Å². The predicted octanol–water partition coefficient (Wildman–Crippen LogP) is 7.87. The smallest absolute Gasteiger partial charge is 0.335 e. The van der Waals surface area contributed by atoms with Crippen LogP contribution in [0.15, 0.2) is 72.8 Å². The number of aromatic nitrogens is 6. The van der Waals surface area contributed by atoms with Crippen LogP contribution in [0, 0.1) is 13.8 Å². The van der Waals surface area contributed by atoms with Crippen LogP contribution in [0.4, 0.5) is 22.2 Å². The summed E-state index contributed by atoms with van der Waals surface area (Å²) in [5.74, 6) is -0.663. The highest BCUT2D eigenvalue weighted by Gasteiger charge is 2.14. The van der Waals surface area contributed by atoms with Crippen molar-refractivity contribution in [2.75, 3.05) is 10.6 Å². The number of aromatic carboxylic acids is 2. The second kappa shape index (κ2) is 12.1. The summed E-state index contributed by atoms with van der Waals surface area (Å²) in [7, 11) is 3.77. The molecule has 0 bridgehead atoms. The van der Waals surface area contributed by atoms with Gasteiger partial charge in [-0.25, -0.2) is 29.5 Å². The van der Waals surface area contributed by atoms with Gasteiger partial charge in [0.05, 0.1) is 53.6 Å².